The number of para-hydroxylation sites is 1. The number of amides is 2. The molecule has 0 atom stereocenters. The van der Waals surface area contributed by atoms with Gasteiger partial charge in [0.05, 0.1) is 10.6 Å². The van der Waals surface area contributed by atoms with Crippen molar-refractivity contribution in [3.8, 4) is 5.75 Å². The zero-order chi connectivity index (χ0) is 16.4. The van der Waals surface area contributed by atoms with E-state index in [9.17, 15) is 14.7 Å². The van der Waals surface area contributed by atoms with Gasteiger partial charge in [0.2, 0.25) is 0 Å². The van der Waals surface area contributed by atoms with Crippen LogP contribution in [0.25, 0.3) is 10.1 Å². The van der Waals surface area contributed by atoms with E-state index in [-0.39, 0.29) is 11.3 Å². The van der Waals surface area contributed by atoms with Crippen LogP contribution in [0.4, 0.5) is 0 Å². The van der Waals surface area contributed by atoms with Crippen LogP contribution in [-0.4, -0.2) is 16.9 Å². The molecule has 0 aliphatic rings. The van der Waals surface area contributed by atoms with E-state index in [1.54, 1.807) is 12.1 Å². The molecule has 0 saturated heterocycles. The summed E-state index contributed by atoms with van der Waals surface area (Å²) in [7, 11) is 0. The second-order valence-corrected chi connectivity index (χ2v) is 6.10. The summed E-state index contributed by atoms with van der Waals surface area (Å²) in [6.07, 6.45) is 0. The van der Waals surface area contributed by atoms with Crippen LogP contribution in [0.5, 0.6) is 5.75 Å². The molecule has 2 aromatic carbocycles. The lowest BCUT2D eigenvalue weighted by atomic mass is 10.2. The van der Waals surface area contributed by atoms with Crippen molar-refractivity contribution in [1.29, 1.82) is 0 Å². The van der Waals surface area contributed by atoms with E-state index in [1.165, 1.54) is 23.5 Å². The number of benzene rings is 2. The molecule has 3 N–H and O–H groups in total. The molecular formula is C16H11ClN2O3S. The van der Waals surface area contributed by atoms with E-state index in [0.29, 0.717) is 9.90 Å². The lowest BCUT2D eigenvalue weighted by Crippen LogP contribution is -2.41. The maximum atomic E-state index is 12.2. The van der Waals surface area contributed by atoms with Crippen molar-refractivity contribution in [2.45, 2.75) is 0 Å². The Balaban J connectivity index is 1.75. The number of hydrogen-bond acceptors (Lipinski definition) is 4. The zero-order valence-corrected chi connectivity index (χ0v) is 13.2. The number of halogens is 1. The summed E-state index contributed by atoms with van der Waals surface area (Å²) in [5, 5.41) is 10.7. The van der Waals surface area contributed by atoms with Crippen molar-refractivity contribution in [2.75, 3.05) is 0 Å². The average Bonchev–Trinajstić information content (AvgIpc) is 2.90. The van der Waals surface area contributed by atoms with Crippen molar-refractivity contribution >= 4 is 44.8 Å². The van der Waals surface area contributed by atoms with E-state index in [2.05, 4.69) is 10.9 Å². The molecule has 7 heteroatoms. The average molecular weight is 347 g/mol. The van der Waals surface area contributed by atoms with E-state index in [0.717, 1.165) is 10.1 Å². The second kappa shape index (κ2) is 6.28. The number of hydrogen-bond donors (Lipinski definition) is 3. The number of rotatable bonds is 2. The third-order valence-corrected chi connectivity index (χ3v) is 4.85. The van der Waals surface area contributed by atoms with E-state index in [1.807, 2.05) is 24.3 Å². The number of aromatic hydroxyl groups is 1. The molecule has 0 aliphatic heterocycles. The molecule has 23 heavy (non-hydrogen) atoms. The third kappa shape index (κ3) is 2.99. The lowest BCUT2D eigenvalue weighted by molar-refractivity contribution is 0.0847. The highest BCUT2D eigenvalue weighted by molar-refractivity contribution is 7.21. The predicted molar refractivity (Wildman–Crippen MR) is 89.9 cm³/mol. The van der Waals surface area contributed by atoms with Crippen LogP contribution >= 0.6 is 22.9 Å². The maximum Gasteiger partial charge on any atom is 0.281 e. The number of thiophene rings is 1. The molecule has 5 nitrogen and oxygen atoms in total. The molecule has 0 spiro atoms. The first-order valence-corrected chi connectivity index (χ1v) is 7.83. The highest BCUT2D eigenvalue weighted by Gasteiger charge is 2.18. The fourth-order valence-corrected chi connectivity index (χ4v) is 3.48. The van der Waals surface area contributed by atoms with Gasteiger partial charge < -0.3 is 5.11 Å². The molecule has 0 aliphatic carbocycles. The lowest BCUT2D eigenvalue weighted by Gasteiger charge is -2.07. The Morgan fingerprint density at radius 2 is 1.61 bits per heavy atom. The van der Waals surface area contributed by atoms with Gasteiger partial charge in [-0.25, -0.2) is 0 Å². The van der Waals surface area contributed by atoms with Crippen molar-refractivity contribution in [1.82, 2.24) is 10.9 Å². The van der Waals surface area contributed by atoms with Crippen molar-refractivity contribution in [2.24, 2.45) is 0 Å². The minimum absolute atomic E-state index is 0.0650. The van der Waals surface area contributed by atoms with Gasteiger partial charge in [-0.3, -0.25) is 20.4 Å². The van der Waals surface area contributed by atoms with Gasteiger partial charge in [0.1, 0.15) is 10.6 Å². The Bertz CT molecular complexity index is 907. The summed E-state index contributed by atoms with van der Waals surface area (Å²) in [5.74, 6) is -1.30. The highest BCUT2D eigenvalue weighted by Crippen LogP contribution is 2.34. The van der Waals surface area contributed by atoms with Gasteiger partial charge in [0.25, 0.3) is 11.8 Å². The molecule has 0 unspecified atom stereocenters. The SMILES string of the molecule is O=C(NNC(=O)c1sc2ccccc2c1Cl)c1ccccc1O. The van der Waals surface area contributed by atoms with Gasteiger partial charge in [-0.05, 0) is 18.2 Å². The molecule has 3 rings (SSSR count). The van der Waals surface area contributed by atoms with Crippen LogP contribution < -0.4 is 10.9 Å². The van der Waals surface area contributed by atoms with Gasteiger partial charge >= 0.3 is 0 Å². The molecule has 116 valence electrons. The number of carbonyl (C=O) groups excluding carboxylic acids is 2. The Morgan fingerprint density at radius 1 is 0.957 bits per heavy atom. The first-order valence-electron chi connectivity index (χ1n) is 6.63. The predicted octanol–water partition coefficient (Wildman–Crippen LogP) is 3.34. The minimum Gasteiger partial charge on any atom is -0.507 e. The Kier molecular flexibility index (Phi) is 4.18. The third-order valence-electron chi connectivity index (χ3n) is 3.18. The molecule has 0 saturated carbocycles. The van der Waals surface area contributed by atoms with E-state index < -0.39 is 11.8 Å². The van der Waals surface area contributed by atoms with Crippen LogP contribution in [0.1, 0.15) is 20.0 Å². The molecule has 0 fully saturated rings. The fraction of sp³-hybridized carbons (Fsp3) is 0. The van der Waals surface area contributed by atoms with Crippen LogP contribution in [0, 0.1) is 0 Å². The molecule has 2 amide bonds. The van der Waals surface area contributed by atoms with Crippen molar-refractivity contribution < 1.29 is 14.7 Å². The largest absolute Gasteiger partial charge is 0.507 e. The molecule has 1 aromatic heterocycles. The summed E-state index contributed by atoms with van der Waals surface area (Å²) in [6, 6.07) is 13.4. The van der Waals surface area contributed by atoms with Crippen LogP contribution in [0.15, 0.2) is 48.5 Å². The molecule has 0 bridgehead atoms. The summed E-state index contributed by atoms with van der Waals surface area (Å²) < 4.78 is 0.884. The summed E-state index contributed by atoms with van der Waals surface area (Å²) in [6.45, 7) is 0. The molecular weight excluding hydrogens is 336 g/mol. The number of carbonyl (C=O) groups is 2. The van der Waals surface area contributed by atoms with Crippen LogP contribution in [0.3, 0.4) is 0 Å². The fourth-order valence-electron chi connectivity index (χ4n) is 2.06. The zero-order valence-electron chi connectivity index (χ0n) is 11.7. The normalized spacial score (nSPS) is 10.5. The van der Waals surface area contributed by atoms with Crippen LogP contribution in [0.2, 0.25) is 5.02 Å². The number of fused-ring (bicyclic) bond motifs is 1. The van der Waals surface area contributed by atoms with Crippen molar-refractivity contribution in [3.05, 3.63) is 64.0 Å². The standard InChI is InChI=1S/C16H11ClN2O3S/c17-13-10-6-2-4-8-12(10)23-14(13)16(22)19-18-15(21)9-5-1-3-7-11(9)20/h1-8,20H,(H,18,21)(H,19,22). The maximum absolute atomic E-state index is 12.2. The van der Waals surface area contributed by atoms with Gasteiger partial charge in [-0.15, -0.1) is 11.3 Å². The number of nitrogens with one attached hydrogen (secondary N) is 2. The number of hydrazine groups is 1. The van der Waals surface area contributed by atoms with E-state index in [4.69, 9.17) is 11.6 Å². The smallest absolute Gasteiger partial charge is 0.281 e. The highest BCUT2D eigenvalue weighted by atomic mass is 35.5. The quantitative estimate of drug-likeness (QED) is 0.623. The Hall–Kier alpha value is -2.57. The topological polar surface area (TPSA) is 78.4 Å². The Labute approximate surface area is 140 Å². The van der Waals surface area contributed by atoms with Crippen molar-refractivity contribution in [3.63, 3.8) is 0 Å². The number of phenols is 1. The first-order chi connectivity index (χ1) is 11.1. The molecule has 3 aromatic rings. The van der Waals surface area contributed by atoms with Gasteiger partial charge in [0.15, 0.2) is 0 Å². The van der Waals surface area contributed by atoms with E-state index >= 15 is 0 Å². The van der Waals surface area contributed by atoms with Gasteiger partial charge in [-0.1, -0.05) is 41.9 Å². The Morgan fingerprint density at radius 3 is 2.35 bits per heavy atom. The second-order valence-electron chi connectivity index (χ2n) is 4.67. The van der Waals surface area contributed by atoms with Gasteiger partial charge in [-0.2, -0.15) is 0 Å². The molecule has 1 heterocycles. The summed E-state index contributed by atoms with van der Waals surface area (Å²) >= 11 is 7.44. The minimum atomic E-state index is -0.617. The monoisotopic (exact) mass is 346 g/mol. The summed E-state index contributed by atoms with van der Waals surface area (Å²) in [5.41, 5.74) is 4.63. The van der Waals surface area contributed by atoms with Crippen LogP contribution in [-0.2, 0) is 0 Å². The molecule has 0 radical (unpaired) electrons. The summed E-state index contributed by atoms with van der Waals surface area (Å²) in [4.78, 5) is 24.4. The van der Waals surface area contributed by atoms with Gasteiger partial charge in [0, 0.05) is 10.1 Å². The number of phenolic OH excluding ortho intramolecular Hbond substituents is 1. The first kappa shape index (κ1) is 15.3.